The van der Waals surface area contributed by atoms with Crippen molar-refractivity contribution in [2.75, 3.05) is 6.61 Å². The fraction of sp³-hybridized carbons (Fsp3) is 0.750. The van der Waals surface area contributed by atoms with Gasteiger partial charge in [-0.25, -0.2) is 0 Å². The van der Waals surface area contributed by atoms with Gasteiger partial charge in [-0.2, -0.15) is 0 Å². The van der Waals surface area contributed by atoms with Crippen molar-refractivity contribution in [3.8, 4) is 0 Å². The third-order valence-electron chi connectivity index (χ3n) is 2.25. The molecule has 15 heavy (non-hydrogen) atoms. The fourth-order valence-electron chi connectivity index (χ4n) is 1.42. The average Bonchev–Trinajstić information content (AvgIpc) is 2.22. The van der Waals surface area contributed by atoms with Crippen molar-refractivity contribution >= 4 is 5.97 Å². The highest BCUT2D eigenvalue weighted by Crippen LogP contribution is 2.08. The topological polar surface area (TPSA) is 46.5 Å². The van der Waals surface area contributed by atoms with Crippen LogP contribution in [0.3, 0.4) is 0 Å². The number of ether oxygens (including phenoxy) is 1. The van der Waals surface area contributed by atoms with Gasteiger partial charge >= 0.3 is 5.97 Å². The van der Waals surface area contributed by atoms with Crippen LogP contribution in [0, 0.1) is 0 Å². The number of carbonyl (C=O) groups is 1. The molecule has 0 aromatic carbocycles. The zero-order chi connectivity index (χ0) is 11.4. The highest BCUT2D eigenvalue weighted by atomic mass is 16.5. The molecule has 0 spiro atoms. The van der Waals surface area contributed by atoms with Gasteiger partial charge in [0.15, 0.2) is 0 Å². The van der Waals surface area contributed by atoms with E-state index >= 15 is 0 Å². The Kier molecular flexibility index (Phi) is 10.6. The lowest BCUT2D eigenvalue weighted by Gasteiger charge is -2.00. The van der Waals surface area contributed by atoms with Crippen molar-refractivity contribution in [3.63, 3.8) is 0 Å². The Hall–Kier alpha value is -0.830. The lowest BCUT2D eigenvalue weighted by atomic mass is 10.1. The lowest BCUT2D eigenvalue weighted by molar-refractivity contribution is -0.138. The van der Waals surface area contributed by atoms with Crippen molar-refractivity contribution in [3.05, 3.63) is 12.8 Å². The zero-order valence-electron chi connectivity index (χ0n) is 9.41. The first kappa shape index (κ1) is 14.2. The zero-order valence-corrected chi connectivity index (χ0v) is 9.41. The van der Waals surface area contributed by atoms with E-state index in [0.717, 1.165) is 32.1 Å². The van der Waals surface area contributed by atoms with Crippen LogP contribution in [0.15, 0.2) is 12.8 Å². The molecule has 0 aliphatic carbocycles. The predicted octanol–water partition coefficient (Wildman–Crippen LogP) is 2.79. The van der Waals surface area contributed by atoms with Crippen LogP contribution in [-0.4, -0.2) is 17.7 Å². The van der Waals surface area contributed by atoms with Crippen LogP contribution in [0.5, 0.6) is 0 Å². The fourth-order valence-corrected chi connectivity index (χ4v) is 1.42. The van der Waals surface area contributed by atoms with Crippen molar-refractivity contribution in [1.82, 2.24) is 0 Å². The van der Waals surface area contributed by atoms with E-state index in [1.54, 1.807) is 0 Å². The molecule has 1 N–H and O–H groups in total. The predicted molar refractivity (Wildman–Crippen MR) is 60.3 cm³/mol. The van der Waals surface area contributed by atoms with Gasteiger partial charge in [0.25, 0.3) is 0 Å². The summed E-state index contributed by atoms with van der Waals surface area (Å²) in [4.78, 5) is 10.9. The standard InChI is InChI=1S/C12H22O3/c1-2-15-12(14)10-8-6-4-3-5-7-9-11-13/h2,13H,1,3-11H2. The van der Waals surface area contributed by atoms with Gasteiger partial charge in [-0.05, 0) is 12.8 Å². The molecule has 88 valence electrons. The monoisotopic (exact) mass is 214 g/mol. The largest absolute Gasteiger partial charge is 0.435 e. The molecule has 3 nitrogen and oxygen atoms in total. The Morgan fingerprint density at radius 1 is 1.07 bits per heavy atom. The molecule has 0 radical (unpaired) electrons. The van der Waals surface area contributed by atoms with Crippen LogP contribution in [0.25, 0.3) is 0 Å². The molecule has 0 rings (SSSR count). The molecule has 0 fully saturated rings. The summed E-state index contributed by atoms with van der Waals surface area (Å²) in [6.45, 7) is 3.62. The average molecular weight is 214 g/mol. The van der Waals surface area contributed by atoms with Gasteiger partial charge < -0.3 is 9.84 Å². The maximum Gasteiger partial charge on any atom is 0.310 e. The van der Waals surface area contributed by atoms with Gasteiger partial charge in [0, 0.05) is 13.0 Å². The van der Waals surface area contributed by atoms with Crippen molar-refractivity contribution in [2.45, 2.75) is 51.4 Å². The molecule has 0 amide bonds. The number of esters is 1. The molecular weight excluding hydrogens is 192 g/mol. The molecule has 0 atom stereocenters. The van der Waals surface area contributed by atoms with Gasteiger partial charge in [0.2, 0.25) is 0 Å². The first-order chi connectivity index (χ1) is 7.31. The highest BCUT2D eigenvalue weighted by molar-refractivity contribution is 5.69. The third-order valence-corrected chi connectivity index (χ3v) is 2.25. The number of rotatable bonds is 10. The molecule has 0 saturated carbocycles. The summed E-state index contributed by atoms with van der Waals surface area (Å²) >= 11 is 0. The first-order valence-corrected chi connectivity index (χ1v) is 5.72. The molecule has 3 heteroatoms. The highest BCUT2D eigenvalue weighted by Gasteiger charge is 1.99. The number of hydrogen-bond acceptors (Lipinski definition) is 3. The van der Waals surface area contributed by atoms with Crippen LogP contribution >= 0.6 is 0 Å². The summed E-state index contributed by atoms with van der Waals surface area (Å²) in [7, 11) is 0. The maximum atomic E-state index is 10.9. The minimum Gasteiger partial charge on any atom is -0.435 e. The molecule has 0 saturated heterocycles. The van der Waals surface area contributed by atoms with Crippen LogP contribution in [0.1, 0.15) is 51.4 Å². The van der Waals surface area contributed by atoms with Gasteiger partial charge in [0.05, 0.1) is 6.26 Å². The Morgan fingerprint density at radius 2 is 1.60 bits per heavy atom. The van der Waals surface area contributed by atoms with Gasteiger partial charge in [-0.15, -0.1) is 0 Å². The molecule has 0 heterocycles. The minimum atomic E-state index is -0.190. The van der Waals surface area contributed by atoms with E-state index in [9.17, 15) is 4.79 Å². The molecule has 0 unspecified atom stereocenters. The molecular formula is C12H22O3. The first-order valence-electron chi connectivity index (χ1n) is 5.72. The van der Waals surface area contributed by atoms with Gasteiger partial charge in [-0.3, -0.25) is 4.79 Å². The Balaban J connectivity index is 3.04. The Bertz CT molecular complexity index is 166. The number of unbranched alkanes of at least 4 members (excludes halogenated alkanes) is 6. The summed E-state index contributed by atoms with van der Waals surface area (Å²) in [6, 6.07) is 0. The molecule has 0 aliphatic heterocycles. The molecule has 0 aliphatic rings. The summed E-state index contributed by atoms with van der Waals surface area (Å²) in [6.07, 6.45) is 9.18. The van der Waals surface area contributed by atoms with Crippen molar-refractivity contribution in [2.24, 2.45) is 0 Å². The second-order valence-electron chi connectivity index (χ2n) is 3.61. The normalized spacial score (nSPS) is 9.93. The Morgan fingerprint density at radius 3 is 2.13 bits per heavy atom. The van der Waals surface area contributed by atoms with E-state index in [1.165, 1.54) is 19.1 Å². The smallest absolute Gasteiger partial charge is 0.310 e. The maximum absolute atomic E-state index is 10.9. The van der Waals surface area contributed by atoms with E-state index in [1.807, 2.05) is 0 Å². The third kappa shape index (κ3) is 11.1. The number of aliphatic hydroxyl groups excluding tert-OH is 1. The van der Waals surface area contributed by atoms with Crippen LogP contribution in [-0.2, 0) is 9.53 Å². The van der Waals surface area contributed by atoms with E-state index in [-0.39, 0.29) is 5.97 Å². The number of hydrogen-bond donors (Lipinski definition) is 1. The van der Waals surface area contributed by atoms with E-state index in [4.69, 9.17) is 5.11 Å². The van der Waals surface area contributed by atoms with Crippen LogP contribution in [0.2, 0.25) is 0 Å². The van der Waals surface area contributed by atoms with Gasteiger partial charge in [-0.1, -0.05) is 38.7 Å². The van der Waals surface area contributed by atoms with E-state index < -0.39 is 0 Å². The van der Waals surface area contributed by atoms with Crippen LogP contribution in [0.4, 0.5) is 0 Å². The quantitative estimate of drug-likeness (QED) is 0.345. The van der Waals surface area contributed by atoms with E-state index in [2.05, 4.69) is 11.3 Å². The second-order valence-corrected chi connectivity index (χ2v) is 3.61. The molecule has 0 bridgehead atoms. The van der Waals surface area contributed by atoms with E-state index in [0.29, 0.717) is 13.0 Å². The summed E-state index contributed by atoms with van der Waals surface area (Å²) in [5.41, 5.74) is 0. The number of carbonyl (C=O) groups excluding carboxylic acids is 1. The minimum absolute atomic E-state index is 0.190. The second kappa shape index (κ2) is 11.2. The summed E-state index contributed by atoms with van der Waals surface area (Å²) < 4.78 is 4.60. The summed E-state index contributed by atoms with van der Waals surface area (Å²) in [5.74, 6) is -0.190. The summed E-state index contributed by atoms with van der Waals surface area (Å²) in [5, 5.41) is 8.56. The number of aliphatic hydroxyl groups is 1. The Labute approximate surface area is 92.1 Å². The van der Waals surface area contributed by atoms with Crippen LogP contribution < -0.4 is 0 Å². The van der Waals surface area contributed by atoms with Gasteiger partial charge in [0.1, 0.15) is 0 Å². The van der Waals surface area contributed by atoms with Crippen molar-refractivity contribution in [1.29, 1.82) is 0 Å². The SMILES string of the molecule is C=COC(=O)CCCCCCCCCO. The lowest BCUT2D eigenvalue weighted by Crippen LogP contribution is -1.98. The molecule has 0 aromatic rings. The molecule has 0 aromatic heterocycles. The van der Waals surface area contributed by atoms with Crippen molar-refractivity contribution < 1.29 is 14.6 Å².